The maximum atomic E-state index is 11.1. The number of aliphatic hydroxyl groups is 1. The van der Waals surface area contributed by atoms with Crippen LogP contribution in [0.5, 0.6) is 0 Å². The molecular weight excluding hydrogens is 154 g/mol. The highest BCUT2D eigenvalue weighted by Crippen LogP contribution is 2.00. The number of rotatable bonds is 4. The SMILES string of the molecule is C=C/C=C(/O)NC(=O)C(C)CC. The van der Waals surface area contributed by atoms with Crippen molar-refractivity contribution in [2.24, 2.45) is 5.92 Å². The average Bonchev–Trinajstić information content (AvgIpc) is 2.03. The summed E-state index contributed by atoms with van der Waals surface area (Å²) in [6.07, 6.45) is 3.50. The van der Waals surface area contributed by atoms with E-state index in [4.69, 9.17) is 5.11 Å². The molecule has 0 saturated carbocycles. The van der Waals surface area contributed by atoms with Gasteiger partial charge in [-0.05, 0) is 12.5 Å². The lowest BCUT2D eigenvalue weighted by Crippen LogP contribution is -2.28. The smallest absolute Gasteiger partial charge is 0.229 e. The Morgan fingerprint density at radius 2 is 2.33 bits per heavy atom. The van der Waals surface area contributed by atoms with E-state index in [1.54, 1.807) is 6.92 Å². The van der Waals surface area contributed by atoms with E-state index in [9.17, 15) is 4.79 Å². The van der Waals surface area contributed by atoms with Crippen LogP contribution in [0.1, 0.15) is 20.3 Å². The van der Waals surface area contributed by atoms with Crippen LogP contribution in [0.15, 0.2) is 24.6 Å². The highest BCUT2D eigenvalue weighted by atomic mass is 16.3. The summed E-state index contributed by atoms with van der Waals surface area (Å²) in [7, 11) is 0. The highest BCUT2D eigenvalue weighted by molar-refractivity contribution is 5.79. The first-order chi connectivity index (χ1) is 5.61. The van der Waals surface area contributed by atoms with E-state index in [0.717, 1.165) is 6.42 Å². The number of hydrogen-bond acceptors (Lipinski definition) is 2. The normalized spacial score (nSPS) is 13.7. The predicted octanol–water partition coefficient (Wildman–Crippen LogP) is 1.73. The summed E-state index contributed by atoms with van der Waals surface area (Å²) in [6, 6.07) is 0. The molecule has 0 aromatic carbocycles. The van der Waals surface area contributed by atoms with Gasteiger partial charge < -0.3 is 5.11 Å². The van der Waals surface area contributed by atoms with Crippen LogP contribution in [0.2, 0.25) is 0 Å². The molecule has 0 rings (SSSR count). The molecule has 1 amide bonds. The van der Waals surface area contributed by atoms with Gasteiger partial charge >= 0.3 is 0 Å². The molecule has 0 saturated heterocycles. The van der Waals surface area contributed by atoms with E-state index in [1.807, 2.05) is 6.92 Å². The molecule has 1 unspecified atom stereocenters. The van der Waals surface area contributed by atoms with E-state index in [0.29, 0.717) is 0 Å². The van der Waals surface area contributed by atoms with Crippen LogP contribution in [0, 0.1) is 5.92 Å². The fraction of sp³-hybridized carbons (Fsp3) is 0.444. The molecule has 3 heteroatoms. The minimum absolute atomic E-state index is 0.0784. The number of aliphatic hydroxyl groups excluding tert-OH is 1. The summed E-state index contributed by atoms with van der Waals surface area (Å²) < 4.78 is 0. The van der Waals surface area contributed by atoms with Crippen molar-refractivity contribution in [2.45, 2.75) is 20.3 Å². The number of carbonyl (C=O) groups is 1. The van der Waals surface area contributed by atoms with Crippen molar-refractivity contribution in [3.63, 3.8) is 0 Å². The van der Waals surface area contributed by atoms with E-state index < -0.39 is 0 Å². The van der Waals surface area contributed by atoms with Gasteiger partial charge in [-0.2, -0.15) is 0 Å². The first-order valence-corrected chi connectivity index (χ1v) is 3.94. The molecule has 0 aliphatic heterocycles. The van der Waals surface area contributed by atoms with Crippen LogP contribution in [0.3, 0.4) is 0 Å². The molecule has 0 heterocycles. The van der Waals surface area contributed by atoms with Crippen molar-refractivity contribution in [1.29, 1.82) is 0 Å². The second-order valence-corrected chi connectivity index (χ2v) is 2.59. The Morgan fingerprint density at radius 3 is 2.75 bits per heavy atom. The summed E-state index contributed by atoms with van der Waals surface area (Å²) in [5.41, 5.74) is 0. The van der Waals surface area contributed by atoms with Crippen LogP contribution >= 0.6 is 0 Å². The van der Waals surface area contributed by atoms with Crippen molar-refractivity contribution in [1.82, 2.24) is 5.32 Å². The van der Waals surface area contributed by atoms with Crippen LogP contribution in [0.4, 0.5) is 0 Å². The Labute approximate surface area is 72.8 Å². The van der Waals surface area contributed by atoms with Gasteiger partial charge in [0.05, 0.1) is 0 Å². The molecule has 0 spiro atoms. The minimum Gasteiger partial charge on any atom is -0.495 e. The Bertz CT molecular complexity index is 197. The summed E-state index contributed by atoms with van der Waals surface area (Å²) in [6.45, 7) is 7.10. The van der Waals surface area contributed by atoms with Crippen molar-refractivity contribution in [2.75, 3.05) is 0 Å². The fourth-order valence-corrected chi connectivity index (χ4v) is 0.588. The largest absolute Gasteiger partial charge is 0.495 e. The lowest BCUT2D eigenvalue weighted by Gasteiger charge is -2.07. The standard InChI is InChI=1S/C9H15NO2/c1-4-6-8(11)10-9(12)7(3)5-2/h4,6-7,11H,1,5H2,2-3H3,(H,10,12)/b8-6+. The maximum absolute atomic E-state index is 11.1. The molecular formula is C9H15NO2. The topological polar surface area (TPSA) is 49.3 Å². The third-order valence-corrected chi connectivity index (χ3v) is 1.59. The van der Waals surface area contributed by atoms with Crippen molar-refractivity contribution < 1.29 is 9.90 Å². The number of allylic oxidation sites excluding steroid dienone is 2. The number of hydrogen-bond donors (Lipinski definition) is 2. The molecule has 0 aliphatic carbocycles. The monoisotopic (exact) mass is 169 g/mol. The van der Waals surface area contributed by atoms with Crippen LogP contribution in [0.25, 0.3) is 0 Å². The summed E-state index contributed by atoms with van der Waals surface area (Å²) in [4.78, 5) is 11.1. The lowest BCUT2D eigenvalue weighted by atomic mass is 10.1. The highest BCUT2D eigenvalue weighted by Gasteiger charge is 2.10. The van der Waals surface area contributed by atoms with Crippen molar-refractivity contribution in [3.05, 3.63) is 24.6 Å². The molecule has 0 fully saturated rings. The maximum Gasteiger partial charge on any atom is 0.229 e. The van der Waals surface area contributed by atoms with Gasteiger partial charge in [-0.25, -0.2) is 0 Å². The van der Waals surface area contributed by atoms with Gasteiger partial charge in [-0.15, -0.1) is 0 Å². The molecule has 0 aliphatic rings. The van der Waals surface area contributed by atoms with Gasteiger partial charge in [0, 0.05) is 5.92 Å². The quantitative estimate of drug-likeness (QED) is 0.497. The van der Waals surface area contributed by atoms with E-state index in [2.05, 4.69) is 11.9 Å². The van der Waals surface area contributed by atoms with Crippen LogP contribution in [-0.4, -0.2) is 11.0 Å². The summed E-state index contributed by atoms with van der Waals surface area (Å²) in [5, 5.41) is 11.4. The summed E-state index contributed by atoms with van der Waals surface area (Å²) >= 11 is 0. The molecule has 3 nitrogen and oxygen atoms in total. The first-order valence-electron chi connectivity index (χ1n) is 3.94. The second-order valence-electron chi connectivity index (χ2n) is 2.59. The lowest BCUT2D eigenvalue weighted by molar-refractivity contribution is -0.124. The zero-order valence-corrected chi connectivity index (χ0v) is 7.50. The van der Waals surface area contributed by atoms with E-state index in [1.165, 1.54) is 12.2 Å². The first kappa shape index (κ1) is 10.8. The molecule has 68 valence electrons. The van der Waals surface area contributed by atoms with Gasteiger partial charge in [-0.3, -0.25) is 10.1 Å². The molecule has 2 N–H and O–H groups in total. The van der Waals surface area contributed by atoms with Crippen LogP contribution in [-0.2, 0) is 4.79 Å². The molecule has 0 radical (unpaired) electrons. The molecule has 0 aromatic heterocycles. The van der Waals surface area contributed by atoms with Gasteiger partial charge in [0.15, 0.2) is 5.88 Å². The third-order valence-electron chi connectivity index (χ3n) is 1.59. The molecule has 12 heavy (non-hydrogen) atoms. The Kier molecular flexibility index (Phi) is 4.84. The van der Waals surface area contributed by atoms with Crippen molar-refractivity contribution in [3.8, 4) is 0 Å². The number of carbonyl (C=O) groups excluding carboxylic acids is 1. The zero-order valence-electron chi connectivity index (χ0n) is 7.50. The van der Waals surface area contributed by atoms with E-state index in [-0.39, 0.29) is 17.7 Å². The van der Waals surface area contributed by atoms with Gasteiger partial charge in [-0.1, -0.05) is 26.5 Å². The fourth-order valence-electron chi connectivity index (χ4n) is 0.588. The van der Waals surface area contributed by atoms with Gasteiger partial charge in [0.25, 0.3) is 0 Å². The van der Waals surface area contributed by atoms with Gasteiger partial charge in [0.2, 0.25) is 5.91 Å². The van der Waals surface area contributed by atoms with Crippen LogP contribution < -0.4 is 5.32 Å². The molecule has 0 bridgehead atoms. The minimum atomic E-state index is -0.173. The third kappa shape index (κ3) is 3.81. The Balaban J connectivity index is 4.00. The molecule has 0 aromatic rings. The zero-order chi connectivity index (χ0) is 9.56. The Hall–Kier alpha value is -1.25. The number of amides is 1. The van der Waals surface area contributed by atoms with Crippen molar-refractivity contribution >= 4 is 5.91 Å². The van der Waals surface area contributed by atoms with Gasteiger partial charge in [0.1, 0.15) is 0 Å². The number of nitrogens with one attached hydrogen (secondary N) is 1. The average molecular weight is 169 g/mol. The second kappa shape index (κ2) is 5.41. The Morgan fingerprint density at radius 1 is 1.75 bits per heavy atom. The predicted molar refractivity (Wildman–Crippen MR) is 48.5 cm³/mol. The summed E-state index contributed by atoms with van der Waals surface area (Å²) in [5.74, 6) is -0.409. The van der Waals surface area contributed by atoms with E-state index >= 15 is 0 Å². The molecule has 1 atom stereocenters.